The molecule has 10 heteroatoms. The number of piperidine rings is 1. The number of alkyl halides is 3. The Bertz CT molecular complexity index is 1300. The van der Waals surface area contributed by atoms with Crippen LogP contribution in [0.3, 0.4) is 0 Å². The van der Waals surface area contributed by atoms with Crippen molar-refractivity contribution >= 4 is 17.5 Å². The van der Waals surface area contributed by atoms with E-state index in [1.165, 1.54) is 6.07 Å². The molecule has 2 amide bonds. The zero-order valence-electron chi connectivity index (χ0n) is 19.6. The number of aromatic nitrogens is 2. The number of ether oxygens (including phenoxy) is 1. The molecule has 2 aliphatic rings. The monoisotopic (exact) mass is 498 g/mol. The zero-order valence-corrected chi connectivity index (χ0v) is 19.6. The van der Waals surface area contributed by atoms with Crippen LogP contribution in [0.2, 0.25) is 0 Å². The number of fused-ring (bicyclic) bond motifs is 1. The van der Waals surface area contributed by atoms with Gasteiger partial charge in [-0.15, -0.1) is 0 Å². The molecule has 0 aliphatic carbocycles. The number of anilines is 1. The van der Waals surface area contributed by atoms with Gasteiger partial charge in [-0.05, 0) is 42.2 Å². The lowest BCUT2D eigenvalue weighted by molar-refractivity contribution is -0.137. The Balaban J connectivity index is 1.24. The van der Waals surface area contributed by atoms with Gasteiger partial charge in [-0.2, -0.15) is 18.3 Å². The Kier molecular flexibility index (Phi) is 6.19. The Morgan fingerprint density at radius 3 is 2.67 bits per heavy atom. The molecule has 3 aromatic rings. The summed E-state index contributed by atoms with van der Waals surface area (Å²) >= 11 is 0. The van der Waals surface area contributed by atoms with Gasteiger partial charge in [0.2, 0.25) is 11.8 Å². The molecule has 0 radical (unpaired) electrons. The van der Waals surface area contributed by atoms with Gasteiger partial charge in [0, 0.05) is 48.4 Å². The van der Waals surface area contributed by atoms with Crippen LogP contribution in [0.5, 0.6) is 5.75 Å². The van der Waals surface area contributed by atoms with Crippen molar-refractivity contribution in [3.8, 4) is 16.9 Å². The molecule has 1 unspecified atom stereocenters. The summed E-state index contributed by atoms with van der Waals surface area (Å²) in [5.74, 6) is -0.184. The number of nitrogens with zero attached hydrogens (tertiary/aromatic N) is 2. The molecule has 0 saturated carbocycles. The number of benzene rings is 2. The van der Waals surface area contributed by atoms with E-state index in [2.05, 4.69) is 15.5 Å². The summed E-state index contributed by atoms with van der Waals surface area (Å²) in [6, 6.07) is 10.5. The van der Waals surface area contributed by atoms with Gasteiger partial charge in [0.1, 0.15) is 5.75 Å². The van der Waals surface area contributed by atoms with Crippen molar-refractivity contribution in [3.05, 3.63) is 65.5 Å². The number of hydrogen-bond acceptors (Lipinski definition) is 4. The minimum absolute atomic E-state index is 0.0315. The number of halogens is 3. The average molecular weight is 499 g/mol. The summed E-state index contributed by atoms with van der Waals surface area (Å²) in [7, 11) is 1.55. The fourth-order valence-electron chi connectivity index (χ4n) is 5.06. The molecule has 1 atom stereocenters. The second-order valence-corrected chi connectivity index (χ2v) is 9.13. The predicted molar refractivity (Wildman–Crippen MR) is 127 cm³/mol. The van der Waals surface area contributed by atoms with Crippen molar-refractivity contribution in [1.82, 2.24) is 15.1 Å². The van der Waals surface area contributed by atoms with Crippen molar-refractivity contribution in [2.24, 2.45) is 0 Å². The molecule has 2 N–H and O–H groups in total. The Morgan fingerprint density at radius 2 is 1.94 bits per heavy atom. The van der Waals surface area contributed by atoms with Crippen LogP contribution in [0, 0.1) is 0 Å². The van der Waals surface area contributed by atoms with E-state index in [0.29, 0.717) is 48.5 Å². The van der Waals surface area contributed by atoms with E-state index in [9.17, 15) is 22.8 Å². The van der Waals surface area contributed by atoms with E-state index in [0.717, 1.165) is 23.4 Å². The molecule has 5 rings (SSSR count). The highest BCUT2D eigenvalue weighted by Gasteiger charge is 2.35. The molecule has 7 nitrogen and oxygen atoms in total. The number of amides is 2. The number of carbonyl (C=O) groups is 2. The number of methoxy groups -OCH3 is 1. The Labute approximate surface area is 205 Å². The maximum absolute atomic E-state index is 13.2. The molecule has 0 bridgehead atoms. The summed E-state index contributed by atoms with van der Waals surface area (Å²) in [6.07, 6.45) is -1.51. The predicted octanol–water partition coefficient (Wildman–Crippen LogP) is 4.94. The van der Waals surface area contributed by atoms with Crippen LogP contribution in [0.25, 0.3) is 11.1 Å². The van der Waals surface area contributed by atoms with E-state index < -0.39 is 17.7 Å². The van der Waals surface area contributed by atoms with Gasteiger partial charge in [-0.25, -0.2) is 0 Å². The van der Waals surface area contributed by atoms with Crippen LogP contribution >= 0.6 is 0 Å². The van der Waals surface area contributed by atoms with Gasteiger partial charge in [-0.1, -0.05) is 18.2 Å². The van der Waals surface area contributed by atoms with Gasteiger partial charge in [0.25, 0.3) is 0 Å². The van der Waals surface area contributed by atoms with Gasteiger partial charge >= 0.3 is 6.18 Å². The summed E-state index contributed by atoms with van der Waals surface area (Å²) in [5.41, 5.74) is 2.61. The molecule has 36 heavy (non-hydrogen) atoms. The fourth-order valence-corrected chi connectivity index (χ4v) is 5.06. The molecular formula is C26H25F3N4O3. The number of aromatic amines is 1. The van der Waals surface area contributed by atoms with Gasteiger partial charge in [0.15, 0.2) is 0 Å². The third-order valence-electron chi connectivity index (χ3n) is 7.01. The van der Waals surface area contributed by atoms with Crippen molar-refractivity contribution in [2.45, 2.75) is 37.3 Å². The van der Waals surface area contributed by atoms with E-state index in [-0.39, 0.29) is 24.2 Å². The number of H-pyrrole nitrogens is 1. The van der Waals surface area contributed by atoms with Crippen molar-refractivity contribution in [2.75, 3.05) is 25.5 Å². The number of rotatable bonds is 5. The van der Waals surface area contributed by atoms with Gasteiger partial charge in [-0.3, -0.25) is 14.7 Å². The normalized spacial score (nSPS) is 18.2. The SMILES string of the molecule is COc1ccc2c(c1)NC(=O)C2CC(=O)N1CCC(c2[nH]ncc2-c2cccc(C(F)(F)F)c2)CC1. The quantitative estimate of drug-likeness (QED) is 0.522. The third kappa shape index (κ3) is 4.55. The van der Waals surface area contributed by atoms with Crippen LogP contribution in [-0.2, 0) is 15.8 Å². The first-order chi connectivity index (χ1) is 17.2. The summed E-state index contributed by atoms with van der Waals surface area (Å²) in [4.78, 5) is 27.3. The maximum atomic E-state index is 13.2. The lowest BCUT2D eigenvalue weighted by atomic mass is 9.88. The standard InChI is InChI=1S/C26H25F3N4O3/c1-36-18-5-6-19-20(25(35)31-22(19)12-18)13-23(34)33-9-7-15(8-10-33)24-21(14-30-32-24)16-3-2-4-17(11-16)26(27,28)29/h2-6,11-12,14-15,20H,7-10,13H2,1H3,(H,30,32)(H,31,35). The van der Waals surface area contributed by atoms with Crippen molar-refractivity contribution < 1.29 is 27.5 Å². The number of carbonyl (C=O) groups excluding carboxylic acids is 2. The molecule has 3 heterocycles. The highest BCUT2D eigenvalue weighted by Crippen LogP contribution is 2.39. The van der Waals surface area contributed by atoms with E-state index in [4.69, 9.17) is 4.74 Å². The zero-order chi connectivity index (χ0) is 25.4. The largest absolute Gasteiger partial charge is 0.497 e. The molecule has 1 aromatic heterocycles. The van der Waals surface area contributed by atoms with Crippen LogP contribution in [-0.4, -0.2) is 47.1 Å². The Morgan fingerprint density at radius 1 is 1.17 bits per heavy atom. The topological polar surface area (TPSA) is 87.3 Å². The second-order valence-electron chi connectivity index (χ2n) is 9.13. The van der Waals surface area contributed by atoms with Crippen LogP contribution in [0.1, 0.15) is 47.9 Å². The summed E-state index contributed by atoms with van der Waals surface area (Å²) in [6.45, 7) is 0.989. The van der Waals surface area contributed by atoms with Gasteiger partial charge < -0.3 is 15.0 Å². The summed E-state index contributed by atoms with van der Waals surface area (Å²) < 4.78 is 44.7. The minimum atomic E-state index is -4.42. The van der Waals surface area contributed by atoms with E-state index >= 15 is 0 Å². The average Bonchev–Trinajstić information content (AvgIpc) is 3.48. The van der Waals surface area contributed by atoms with Crippen LogP contribution < -0.4 is 10.1 Å². The first-order valence-corrected chi connectivity index (χ1v) is 11.7. The first kappa shape index (κ1) is 23.9. The molecule has 2 aromatic carbocycles. The van der Waals surface area contributed by atoms with Gasteiger partial charge in [0.05, 0.1) is 24.8 Å². The van der Waals surface area contributed by atoms with Crippen LogP contribution in [0.4, 0.5) is 18.9 Å². The highest BCUT2D eigenvalue weighted by molar-refractivity contribution is 6.05. The molecule has 2 aliphatic heterocycles. The van der Waals surface area contributed by atoms with Crippen molar-refractivity contribution in [3.63, 3.8) is 0 Å². The number of nitrogens with one attached hydrogen (secondary N) is 2. The van der Waals surface area contributed by atoms with E-state index in [1.807, 2.05) is 6.07 Å². The highest BCUT2D eigenvalue weighted by atomic mass is 19.4. The van der Waals surface area contributed by atoms with Crippen LogP contribution in [0.15, 0.2) is 48.7 Å². The Hall–Kier alpha value is -3.82. The van der Waals surface area contributed by atoms with E-state index in [1.54, 1.807) is 36.4 Å². The van der Waals surface area contributed by atoms with Crippen molar-refractivity contribution in [1.29, 1.82) is 0 Å². The molecule has 1 saturated heterocycles. The lowest BCUT2D eigenvalue weighted by Crippen LogP contribution is -2.39. The second kappa shape index (κ2) is 9.33. The lowest BCUT2D eigenvalue weighted by Gasteiger charge is -2.32. The fraction of sp³-hybridized carbons (Fsp3) is 0.346. The minimum Gasteiger partial charge on any atom is -0.497 e. The maximum Gasteiger partial charge on any atom is 0.416 e. The number of likely N-dealkylation sites (tertiary alicyclic amines) is 1. The molecule has 1 fully saturated rings. The summed E-state index contributed by atoms with van der Waals surface area (Å²) in [5, 5.41) is 9.87. The number of hydrogen-bond donors (Lipinski definition) is 2. The molecule has 0 spiro atoms. The third-order valence-corrected chi connectivity index (χ3v) is 7.01. The smallest absolute Gasteiger partial charge is 0.416 e. The molecule has 188 valence electrons. The molecular weight excluding hydrogens is 473 g/mol. The first-order valence-electron chi connectivity index (χ1n) is 11.7.